The van der Waals surface area contributed by atoms with Crippen LogP contribution in [-0.4, -0.2) is 20.4 Å². The van der Waals surface area contributed by atoms with Crippen LogP contribution < -0.4 is 5.32 Å². The normalized spacial score (nSPS) is 12.5. The molecule has 1 aromatic rings. The maximum absolute atomic E-state index is 12.1. The summed E-state index contributed by atoms with van der Waals surface area (Å²) in [6.45, 7) is 3.61. The van der Waals surface area contributed by atoms with Gasteiger partial charge >= 0.3 is 0 Å². The number of amides is 1. The summed E-state index contributed by atoms with van der Waals surface area (Å²) in [6, 6.07) is 4.14. The van der Waals surface area contributed by atoms with Crippen molar-refractivity contribution in [2.24, 2.45) is 0 Å². The van der Waals surface area contributed by atoms with Gasteiger partial charge in [0.05, 0.1) is 4.90 Å². The summed E-state index contributed by atoms with van der Waals surface area (Å²) in [4.78, 5) is 12.0. The number of halogens is 1. The Morgan fingerprint density at radius 2 is 2.10 bits per heavy atom. The molecule has 0 aromatic heterocycles. The quantitative estimate of drug-likeness (QED) is 0.671. The lowest BCUT2D eigenvalue weighted by Crippen LogP contribution is -2.34. The fourth-order valence-corrected chi connectivity index (χ4v) is 2.59. The molecule has 0 aliphatic rings. The second kappa shape index (κ2) is 6.78. The molecule has 20 heavy (non-hydrogen) atoms. The Bertz CT molecular complexity index is 647. The molecule has 1 N–H and O–H groups in total. The highest BCUT2D eigenvalue weighted by Gasteiger charge is 2.16. The monoisotopic (exact) mass is 313 g/mol. The smallest absolute Gasteiger partial charge is 0.261 e. The topological polar surface area (TPSA) is 63.2 Å². The van der Waals surface area contributed by atoms with E-state index in [0.717, 1.165) is 0 Å². The van der Waals surface area contributed by atoms with Crippen molar-refractivity contribution < 1.29 is 13.2 Å². The highest BCUT2D eigenvalue weighted by Crippen LogP contribution is 2.19. The number of rotatable bonds is 5. The first kappa shape index (κ1) is 16.5. The lowest BCUT2D eigenvalue weighted by molar-refractivity contribution is 0.0936. The highest BCUT2D eigenvalue weighted by atomic mass is 35.7. The molecule has 0 saturated carbocycles. The van der Waals surface area contributed by atoms with E-state index in [1.54, 1.807) is 13.0 Å². The minimum Gasteiger partial charge on any atom is -0.348 e. The Morgan fingerprint density at radius 3 is 2.60 bits per heavy atom. The minimum atomic E-state index is -3.87. The second-order valence-corrected chi connectivity index (χ2v) is 7.03. The lowest BCUT2D eigenvalue weighted by atomic mass is 10.1. The van der Waals surface area contributed by atoms with E-state index in [0.29, 0.717) is 18.4 Å². The molecule has 0 spiro atoms. The van der Waals surface area contributed by atoms with Crippen LogP contribution in [0.15, 0.2) is 23.1 Å². The zero-order chi connectivity index (χ0) is 15.3. The molecule has 0 radical (unpaired) electrons. The van der Waals surface area contributed by atoms with E-state index in [4.69, 9.17) is 17.1 Å². The van der Waals surface area contributed by atoms with Gasteiger partial charge in [-0.1, -0.05) is 6.92 Å². The second-order valence-electron chi connectivity index (χ2n) is 4.46. The largest absolute Gasteiger partial charge is 0.348 e. The Kier molecular flexibility index (Phi) is 5.61. The van der Waals surface area contributed by atoms with Gasteiger partial charge in [0.15, 0.2) is 0 Å². The van der Waals surface area contributed by atoms with Gasteiger partial charge in [-0.2, -0.15) is 0 Å². The van der Waals surface area contributed by atoms with Crippen LogP contribution in [0, 0.1) is 19.3 Å². The molecule has 6 heteroatoms. The molecule has 0 fully saturated rings. The number of nitrogens with one attached hydrogen (secondary N) is 1. The van der Waals surface area contributed by atoms with Crippen molar-refractivity contribution in [2.75, 3.05) is 0 Å². The Hall–Kier alpha value is -1.51. The maximum Gasteiger partial charge on any atom is 0.261 e. The van der Waals surface area contributed by atoms with Gasteiger partial charge in [0.2, 0.25) is 0 Å². The predicted molar refractivity (Wildman–Crippen MR) is 79.2 cm³/mol. The van der Waals surface area contributed by atoms with E-state index in [1.807, 2.05) is 6.92 Å². The predicted octanol–water partition coefficient (Wildman–Crippen LogP) is 2.45. The minimum absolute atomic E-state index is 0.0886. The molecule has 0 aliphatic carbocycles. The summed E-state index contributed by atoms with van der Waals surface area (Å²) in [6.07, 6.45) is 6.35. The van der Waals surface area contributed by atoms with Crippen molar-refractivity contribution in [3.05, 3.63) is 29.3 Å². The zero-order valence-corrected chi connectivity index (χ0v) is 12.9. The van der Waals surface area contributed by atoms with Crippen molar-refractivity contribution in [3.63, 3.8) is 0 Å². The third-order valence-corrected chi connectivity index (χ3v) is 4.12. The zero-order valence-electron chi connectivity index (χ0n) is 11.3. The molecule has 0 bridgehead atoms. The first-order valence-corrected chi connectivity index (χ1v) is 8.39. The molecule has 108 valence electrons. The van der Waals surface area contributed by atoms with Crippen LogP contribution in [0.1, 0.15) is 35.7 Å². The number of aryl methyl sites for hydroxylation is 1. The van der Waals surface area contributed by atoms with Crippen LogP contribution in [0.2, 0.25) is 0 Å². The average molecular weight is 314 g/mol. The van der Waals surface area contributed by atoms with Gasteiger partial charge in [0.25, 0.3) is 15.0 Å². The van der Waals surface area contributed by atoms with Crippen LogP contribution in [0.3, 0.4) is 0 Å². The number of terminal acetylenes is 1. The van der Waals surface area contributed by atoms with Crippen molar-refractivity contribution in [1.82, 2.24) is 5.32 Å². The van der Waals surface area contributed by atoms with Crippen molar-refractivity contribution in [1.29, 1.82) is 0 Å². The molecule has 1 rings (SSSR count). The molecule has 0 heterocycles. The van der Waals surface area contributed by atoms with Crippen molar-refractivity contribution in [3.8, 4) is 12.3 Å². The number of carbonyl (C=O) groups is 1. The van der Waals surface area contributed by atoms with Crippen LogP contribution in [0.25, 0.3) is 0 Å². The van der Waals surface area contributed by atoms with E-state index >= 15 is 0 Å². The maximum atomic E-state index is 12.1. The van der Waals surface area contributed by atoms with Crippen LogP contribution in [0.4, 0.5) is 0 Å². The third-order valence-electron chi connectivity index (χ3n) is 2.79. The number of hydrogen-bond acceptors (Lipinski definition) is 3. The van der Waals surface area contributed by atoms with Crippen molar-refractivity contribution >= 4 is 25.6 Å². The van der Waals surface area contributed by atoms with Gasteiger partial charge in [0.1, 0.15) is 0 Å². The molecular formula is C14H16ClNO3S. The van der Waals surface area contributed by atoms with Crippen molar-refractivity contribution in [2.45, 2.75) is 37.6 Å². The first-order valence-electron chi connectivity index (χ1n) is 6.08. The molecule has 1 unspecified atom stereocenters. The Balaban J connectivity index is 3.05. The van der Waals surface area contributed by atoms with E-state index < -0.39 is 9.05 Å². The van der Waals surface area contributed by atoms with Crippen LogP contribution >= 0.6 is 10.7 Å². The molecule has 4 nitrogen and oxygen atoms in total. The molecule has 0 aliphatic heterocycles. The van der Waals surface area contributed by atoms with Gasteiger partial charge in [-0.25, -0.2) is 8.42 Å². The van der Waals surface area contributed by atoms with E-state index in [-0.39, 0.29) is 22.4 Å². The summed E-state index contributed by atoms with van der Waals surface area (Å²) in [7, 11) is 1.44. The lowest BCUT2D eigenvalue weighted by Gasteiger charge is -2.14. The van der Waals surface area contributed by atoms with Gasteiger partial charge in [-0.15, -0.1) is 12.3 Å². The SMILES string of the molecule is C#CCC(CC)NC(=O)c1cc(C)cc(S(=O)(=O)Cl)c1. The third kappa shape index (κ3) is 4.55. The summed E-state index contributed by atoms with van der Waals surface area (Å²) >= 11 is 0. The molecule has 1 amide bonds. The molecule has 0 saturated heterocycles. The summed E-state index contributed by atoms with van der Waals surface area (Å²) < 4.78 is 22.7. The summed E-state index contributed by atoms with van der Waals surface area (Å²) in [5, 5.41) is 2.77. The van der Waals surface area contributed by atoms with Crippen LogP contribution in [0.5, 0.6) is 0 Å². The number of carbonyl (C=O) groups excluding carboxylic acids is 1. The average Bonchev–Trinajstić information content (AvgIpc) is 2.36. The summed E-state index contributed by atoms with van der Waals surface area (Å²) in [5.41, 5.74) is 0.890. The first-order chi connectivity index (χ1) is 9.27. The Labute approximate surface area is 123 Å². The summed E-state index contributed by atoms with van der Waals surface area (Å²) in [5.74, 6) is 2.13. The molecule has 1 atom stereocenters. The van der Waals surface area contributed by atoms with E-state index in [2.05, 4.69) is 11.2 Å². The fourth-order valence-electron chi connectivity index (χ4n) is 1.73. The van der Waals surface area contributed by atoms with Crippen LogP contribution in [-0.2, 0) is 9.05 Å². The fraction of sp³-hybridized carbons (Fsp3) is 0.357. The molecule has 1 aromatic carbocycles. The standard InChI is InChI=1S/C14H16ClNO3S/c1-4-6-12(5-2)16-14(17)11-7-10(3)8-13(9-11)20(15,18)19/h1,7-9,12H,5-6H2,2-3H3,(H,16,17). The van der Waals surface area contributed by atoms with Gasteiger partial charge in [-0.3, -0.25) is 4.79 Å². The highest BCUT2D eigenvalue weighted by molar-refractivity contribution is 8.13. The van der Waals surface area contributed by atoms with E-state index in [1.165, 1.54) is 12.1 Å². The van der Waals surface area contributed by atoms with Gasteiger partial charge < -0.3 is 5.32 Å². The Morgan fingerprint density at radius 1 is 1.45 bits per heavy atom. The number of benzene rings is 1. The molecular weight excluding hydrogens is 298 g/mol. The van der Waals surface area contributed by atoms with Gasteiger partial charge in [0, 0.05) is 28.7 Å². The van der Waals surface area contributed by atoms with E-state index in [9.17, 15) is 13.2 Å². The number of hydrogen-bond donors (Lipinski definition) is 1. The van der Waals surface area contributed by atoms with Gasteiger partial charge in [-0.05, 0) is 37.1 Å².